The van der Waals surface area contributed by atoms with Crippen molar-refractivity contribution >= 4 is 0 Å². The molecule has 0 aromatic rings. The average Bonchev–Trinajstić information content (AvgIpc) is 2.46. The molecular weight excluding hydrogens is 232 g/mol. The van der Waals surface area contributed by atoms with E-state index in [1.54, 1.807) is 0 Å². The molecule has 0 atom stereocenters. The zero-order valence-corrected chi connectivity index (χ0v) is 13.4. The molecule has 0 heterocycles. The van der Waals surface area contributed by atoms with Crippen molar-refractivity contribution in [3.63, 3.8) is 0 Å². The first-order chi connectivity index (χ1) is 9.36. The molecule has 0 amide bonds. The summed E-state index contributed by atoms with van der Waals surface area (Å²) in [6.07, 6.45) is 12.7. The van der Waals surface area contributed by atoms with Crippen molar-refractivity contribution in [2.75, 3.05) is 32.7 Å². The van der Waals surface area contributed by atoms with Gasteiger partial charge in [-0.2, -0.15) is 0 Å². The van der Waals surface area contributed by atoms with E-state index in [0.29, 0.717) is 0 Å². The zero-order valence-electron chi connectivity index (χ0n) is 13.4. The van der Waals surface area contributed by atoms with Gasteiger partial charge in [0, 0.05) is 13.1 Å². The Kier molecular flexibility index (Phi) is 10.5. The fraction of sp³-hybridized carbons (Fsp3) is 1.00. The van der Waals surface area contributed by atoms with E-state index in [9.17, 15) is 0 Å². The topological polar surface area (TPSA) is 15.3 Å². The molecule has 0 bridgehead atoms. The molecule has 0 aliphatic heterocycles. The second-order valence-corrected chi connectivity index (χ2v) is 6.26. The third kappa shape index (κ3) is 8.65. The van der Waals surface area contributed by atoms with E-state index < -0.39 is 0 Å². The van der Waals surface area contributed by atoms with Crippen LogP contribution in [0.15, 0.2) is 0 Å². The Morgan fingerprint density at radius 1 is 0.895 bits per heavy atom. The highest BCUT2D eigenvalue weighted by Gasteiger charge is 2.12. The molecule has 19 heavy (non-hydrogen) atoms. The number of rotatable bonds is 11. The van der Waals surface area contributed by atoms with Gasteiger partial charge in [-0.15, -0.1) is 0 Å². The average molecular weight is 268 g/mol. The summed E-state index contributed by atoms with van der Waals surface area (Å²) >= 11 is 0. The maximum absolute atomic E-state index is 3.70. The van der Waals surface area contributed by atoms with Gasteiger partial charge in [0.15, 0.2) is 0 Å². The van der Waals surface area contributed by atoms with Crippen LogP contribution in [0.1, 0.15) is 71.6 Å². The first-order valence-corrected chi connectivity index (χ1v) is 8.79. The van der Waals surface area contributed by atoms with Gasteiger partial charge in [-0.25, -0.2) is 0 Å². The second-order valence-electron chi connectivity index (χ2n) is 6.26. The molecule has 1 aliphatic carbocycles. The fourth-order valence-corrected chi connectivity index (χ4v) is 3.03. The monoisotopic (exact) mass is 268 g/mol. The summed E-state index contributed by atoms with van der Waals surface area (Å²) in [6.45, 7) is 10.9. The van der Waals surface area contributed by atoms with Crippen LogP contribution in [0.25, 0.3) is 0 Å². The molecule has 0 unspecified atom stereocenters. The van der Waals surface area contributed by atoms with Crippen LogP contribution in [-0.4, -0.2) is 37.6 Å². The van der Waals surface area contributed by atoms with E-state index in [-0.39, 0.29) is 0 Å². The zero-order chi connectivity index (χ0) is 13.8. The molecule has 114 valence electrons. The molecule has 1 rings (SSSR count). The third-order valence-corrected chi connectivity index (χ3v) is 4.42. The molecule has 0 spiro atoms. The number of hydrogen-bond donors (Lipinski definition) is 1. The van der Waals surface area contributed by atoms with Gasteiger partial charge >= 0.3 is 0 Å². The first-order valence-electron chi connectivity index (χ1n) is 8.79. The van der Waals surface area contributed by atoms with E-state index in [1.165, 1.54) is 90.5 Å². The van der Waals surface area contributed by atoms with Gasteiger partial charge in [-0.3, -0.25) is 0 Å². The number of unbranched alkanes of at least 4 members (excludes halogenated alkanes) is 2. The van der Waals surface area contributed by atoms with Crippen LogP contribution in [0.2, 0.25) is 0 Å². The van der Waals surface area contributed by atoms with Crippen molar-refractivity contribution in [1.82, 2.24) is 10.2 Å². The van der Waals surface area contributed by atoms with Crippen LogP contribution in [0.4, 0.5) is 0 Å². The number of nitrogens with zero attached hydrogens (tertiary/aromatic N) is 1. The molecule has 1 N–H and O–H groups in total. The predicted molar refractivity (Wildman–Crippen MR) is 85.7 cm³/mol. The highest BCUT2D eigenvalue weighted by Crippen LogP contribution is 2.22. The lowest BCUT2D eigenvalue weighted by Gasteiger charge is -2.24. The van der Waals surface area contributed by atoms with E-state index in [2.05, 4.69) is 24.1 Å². The summed E-state index contributed by atoms with van der Waals surface area (Å²) < 4.78 is 0. The molecule has 1 fully saturated rings. The normalized spacial score (nSPS) is 17.2. The molecular formula is C17H36N2. The van der Waals surface area contributed by atoms with Crippen molar-refractivity contribution in [2.24, 2.45) is 5.92 Å². The van der Waals surface area contributed by atoms with Gasteiger partial charge in [0.1, 0.15) is 0 Å². The summed E-state index contributed by atoms with van der Waals surface area (Å²) in [7, 11) is 0. The molecule has 0 radical (unpaired) electrons. The molecule has 0 aromatic heterocycles. The molecule has 0 saturated heterocycles. The fourth-order valence-electron chi connectivity index (χ4n) is 3.03. The Labute approximate surface area is 121 Å². The lowest BCUT2D eigenvalue weighted by molar-refractivity contribution is 0.258. The van der Waals surface area contributed by atoms with Crippen molar-refractivity contribution in [3.05, 3.63) is 0 Å². The molecule has 1 aliphatic rings. The second kappa shape index (κ2) is 11.7. The highest BCUT2D eigenvalue weighted by molar-refractivity contribution is 4.68. The summed E-state index contributed by atoms with van der Waals surface area (Å²) in [5.41, 5.74) is 0. The van der Waals surface area contributed by atoms with Crippen LogP contribution in [0, 0.1) is 5.92 Å². The summed E-state index contributed by atoms with van der Waals surface area (Å²) in [5, 5.41) is 3.70. The van der Waals surface area contributed by atoms with Gasteiger partial charge in [-0.1, -0.05) is 46.0 Å². The maximum atomic E-state index is 3.70. The van der Waals surface area contributed by atoms with Crippen LogP contribution in [0.3, 0.4) is 0 Å². The Hall–Kier alpha value is -0.0800. The first kappa shape index (κ1) is 17.0. The van der Waals surface area contributed by atoms with Gasteiger partial charge in [-0.05, 0) is 51.2 Å². The Morgan fingerprint density at radius 3 is 2.11 bits per heavy atom. The predicted octanol–water partition coefficient (Wildman–Crippen LogP) is 4.06. The SMILES string of the molecule is CCCCN(CCCC)CCNCC1CCCCC1. The van der Waals surface area contributed by atoms with Crippen molar-refractivity contribution in [1.29, 1.82) is 0 Å². The van der Waals surface area contributed by atoms with Gasteiger partial charge in [0.2, 0.25) is 0 Å². The van der Waals surface area contributed by atoms with E-state index in [1.807, 2.05) is 0 Å². The van der Waals surface area contributed by atoms with Crippen LogP contribution in [-0.2, 0) is 0 Å². The van der Waals surface area contributed by atoms with Gasteiger partial charge in [0.25, 0.3) is 0 Å². The smallest absolute Gasteiger partial charge is 0.0107 e. The molecule has 2 heteroatoms. The summed E-state index contributed by atoms with van der Waals surface area (Å²) in [4.78, 5) is 2.65. The Balaban J connectivity index is 2.04. The quantitative estimate of drug-likeness (QED) is 0.569. The standard InChI is InChI=1S/C17H36N2/c1-3-5-13-19(14-6-4-2)15-12-18-16-17-10-8-7-9-11-17/h17-18H,3-16H2,1-2H3. The lowest BCUT2D eigenvalue weighted by Crippen LogP contribution is -2.35. The number of nitrogens with one attached hydrogen (secondary N) is 1. The Morgan fingerprint density at radius 2 is 1.53 bits per heavy atom. The minimum absolute atomic E-state index is 0.966. The van der Waals surface area contributed by atoms with Crippen LogP contribution < -0.4 is 5.32 Å². The minimum Gasteiger partial charge on any atom is -0.315 e. The van der Waals surface area contributed by atoms with Gasteiger partial charge < -0.3 is 10.2 Å². The Bertz CT molecular complexity index is 180. The van der Waals surface area contributed by atoms with E-state index in [0.717, 1.165) is 5.92 Å². The van der Waals surface area contributed by atoms with E-state index >= 15 is 0 Å². The summed E-state index contributed by atoms with van der Waals surface area (Å²) in [6, 6.07) is 0. The van der Waals surface area contributed by atoms with Crippen molar-refractivity contribution in [2.45, 2.75) is 71.6 Å². The number of hydrogen-bond acceptors (Lipinski definition) is 2. The third-order valence-electron chi connectivity index (χ3n) is 4.42. The maximum Gasteiger partial charge on any atom is 0.0107 e. The minimum atomic E-state index is 0.966. The molecule has 1 saturated carbocycles. The largest absolute Gasteiger partial charge is 0.315 e. The van der Waals surface area contributed by atoms with Crippen LogP contribution in [0.5, 0.6) is 0 Å². The van der Waals surface area contributed by atoms with Crippen molar-refractivity contribution < 1.29 is 0 Å². The van der Waals surface area contributed by atoms with E-state index in [4.69, 9.17) is 0 Å². The van der Waals surface area contributed by atoms with Crippen molar-refractivity contribution in [3.8, 4) is 0 Å². The lowest BCUT2D eigenvalue weighted by atomic mass is 9.89. The highest BCUT2D eigenvalue weighted by atomic mass is 15.1. The molecule has 0 aromatic carbocycles. The van der Waals surface area contributed by atoms with Crippen LogP contribution >= 0.6 is 0 Å². The summed E-state index contributed by atoms with van der Waals surface area (Å²) in [5.74, 6) is 0.966. The van der Waals surface area contributed by atoms with Gasteiger partial charge in [0.05, 0.1) is 0 Å². The molecule has 2 nitrogen and oxygen atoms in total.